The van der Waals surface area contributed by atoms with Gasteiger partial charge in [-0.1, -0.05) is 27.7 Å². The molecule has 0 radical (unpaired) electrons. The Morgan fingerprint density at radius 1 is 1.21 bits per heavy atom. The lowest BCUT2D eigenvalue weighted by Gasteiger charge is -2.35. The summed E-state index contributed by atoms with van der Waals surface area (Å²) in [5.74, 6) is -2.16. The molecule has 14 heavy (non-hydrogen) atoms. The van der Waals surface area contributed by atoms with Crippen molar-refractivity contribution in [2.75, 3.05) is 13.1 Å². The van der Waals surface area contributed by atoms with Gasteiger partial charge in [0.2, 0.25) is 0 Å². The van der Waals surface area contributed by atoms with Gasteiger partial charge in [-0.05, 0) is 18.9 Å². The first-order valence-corrected chi connectivity index (χ1v) is 5.44. The zero-order chi connectivity index (χ0) is 11.4. The molecule has 0 amide bonds. The van der Waals surface area contributed by atoms with Gasteiger partial charge in [0.1, 0.15) is 0 Å². The van der Waals surface area contributed by atoms with E-state index < -0.39 is 12.0 Å². The summed E-state index contributed by atoms with van der Waals surface area (Å²) < 4.78 is 26.5. The maximum atomic E-state index is 13.2. The van der Waals surface area contributed by atoms with Crippen molar-refractivity contribution in [3.05, 3.63) is 0 Å². The smallest absolute Gasteiger partial charge is 0.260 e. The summed E-state index contributed by atoms with van der Waals surface area (Å²) in [4.78, 5) is 1.88. The summed E-state index contributed by atoms with van der Waals surface area (Å²) in [6.45, 7) is 10.3. The van der Waals surface area contributed by atoms with E-state index in [1.54, 1.807) is 0 Å². The van der Waals surface area contributed by atoms with Gasteiger partial charge in [-0.2, -0.15) is 0 Å². The van der Waals surface area contributed by atoms with E-state index >= 15 is 0 Å². The van der Waals surface area contributed by atoms with Crippen molar-refractivity contribution in [1.82, 2.24) is 4.90 Å². The van der Waals surface area contributed by atoms with Gasteiger partial charge in [-0.15, -0.1) is 0 Å². The topological polar surface area (TPSA) is 3.24 Å². The molecule has 3 heteroatoms. The number of alkyl halides is 2. The van der Waals surface area contributed by atoms with Crippen LogP contribution in [0.4, 0.5) is 8.78 Å². The lowest BCUT2D eigenvalue weighted by Crippen LogP contribution is -2.47. The molecule has 0 fully saturated rings. The molecule has 86 valence electrons. The third-order valence-corrected chi connectivity index (χ3v) is 2.42. The van der Waals surface area contributed by atoms with Crippen LogP contribution < -0.4 is 0 Å². The third kappa shape index (κ3) is 4.36. The van der Waals surface area contributed by atoms with Gasteiger partial charge in [-0.3, -0.25) is 4.90 Å². The van der Waals surface area contributed by atoms with Crippen LogP contribution in [0.5, 0.6) is 0 Å². The summed E-state index contributed by atoms with van der Waals surface area (Å²) in [6.07, 6.45) is 0.504. The van der Waals surface area contributed by atoms with Gasteiger partial charge in [0.25, 0.3) is 5.92 Å². The number of rotatable bonds is 6. The number of hydrogen-bond acceptors (Lipinski definition) is 1. The van der Waals surface area contributed by atoms with Crippen LogP contribution >= 0.6 is 0 Å². The van der Waals surface area contributed by atoms with E-state index in [9.17, 15) is 8.78 Å². The number of hydrogen-bond donors (Lipinski definition) is 0. The predicted molar refractivity (Wildman–Crippen MR) is 56.8 cm³/mol. The molecule has 1 atom stereocenters. The predicted octanol–water partition coefficient (Wildman–Crippen LogP) is 3.40. The van der Waals surface area contributed by atoms with Gasteiger partial charge in [0.15, 0.2) is 0 Å². The standard InChI is InChI=1S/C11H23F2N/c1-6-10(11(5,12)13)14(7-2)8-9(3)4/h9-10H,6-8H2,1-5H3. The van der Waals surface area contributed by atoms with Crippen LogP contribution in [-0.2, 0) is 0 Å². The van der Waals surface area contributed by atoms with Crippen molar-refractivity contribution >= 4 is 0 Å². The van der Waals surface area contributed by atoms with Crippen molar-refractivity contribution in [1.29, 1.82) is 0 Å². The zero-order valence-corrected chi connectivity index (χ0v) is 9.98. The van der Waals surface area contributed by atoms with E-state index in [0.717, 1.165) is 13.5 Å². The Hall–Kier alpha value is -0.180. The molecule has 0 rings (SSSR count). The average Bonchev–Trinajstić information content (AvgIpc) is 2.00. The molecule has 0 saturated heterocycles. The zero-order valence-electron chi connectivity index (χ0n) is 9.98. The maximum absolute atomic E-state index is 13.2. The fourth-order valence-electron chi connectivity index (χ4n) is 1.88. The van der Waals surface area contributed by atoms with Crippen molar-refractivity contribution in [2.24, 2.45) is 5.92 Å². The van der Waals surface area contributed by atoms with Crippen LogP contribution in [0.25, 0.3) is 0 Å². The lowest BCUT2D eigenvalue weighted by molar-refractivity contribution is -0.0693. The highest BCUT2D eigenvalue weighted by Gasteiger charge is 2.36. The maximum Gasteiger partial charge on any atom is 0.260 e. The Labute approximate surface area is 86.5 Å². The van der Waals surface area contributed by atoms with Crippen molar-refractivity contribution in [3.63, 3.8) is 0 Å². The van der Waals surface area contributed by atoms with Crippen LogP contribution in [0.2, 0.25) is 0 Å². The van der Waals surface area contributed by atoms with E-state index in [1.165, 1.54) is 0 Å². The summed E-state index contributed by atoms with van der Waals surface area (Å²) >= 11 is 0. The first-order chi connectivity index (χ1) is 6.32. The monoisotopic (exact) mass is 207 g/mol. The Bertz CT molecular complexity index is 152. The highest BCUT2D eigenvalue weighted by atomic mass is 19.3. The fourth-order valence-corrected chi connectivity index (χ4v) is 1.88. The highest BCUT2D eigenvalue weighted by Crippen LogP contribution is 2.25. The van der Waals surface area contributed by atoms with E-state index in [4.69, 9.17) is 0 Å². The number of halogens is 2. The minimum Gasteiger partial charge on any atom is -0.295 e. The Kier molecular flexibility index (Phi) is 5.57. The van der Waals surface area contributed by atoms with E-state index in [-0.39, 0.29) is 0 Å². The molecule has 0 aliphatic heterocycles. The van der Waals surface area contributed by atoms with E-state index in [2.05, 4.69) is 13.8 Å². The Balaban J connectivity index is 4.45. The van der Waals surface area contributed by atoms with Crippen LogP contribution in [0.3, 0.4) is 0 Å². The second-order valence-corrected chi connectivity index (χ2v) is 4.36. The first kappa shape index (κ1) is 13.8. The Morgan fingerprint density at radius 3 is 1.93 bits per heavy atom. The van der Waals surface area contributed by atoms with E-state index in [1.807, 2.05) is 18.7 Å². The first-order valence-electron chi connectivity index (χ1n) is 5.44. The fraction of sp³-hybridized carbons (Fsp3) is 1.00. The van der Waals surface area contributed by atoms with Crippen LogP contribution in [0.15, 0.2) is 0 Å². The molecule has 0 heterocycles. The quantitative estimate of drug-likeness (QED) is 0.645. The molecule has 0 aromatic heterocycles. The molecule has 0 aliphatic carbocycles. The second-order valence-electron chi connectivity index (χ2n) is 4.36. The summed E-state index contributed by atoms with van der Waals surface area (Å²) in [5.41, 5.74) is 0. The third-order valence-electron chi connectivity index (χ3n) is 2.42. The van der Waals surface area contributed by atoms with Crippen LogP contribution in [-0.4, -0.2) is 30.0 Å². The highest BCUT2D eigenvalue weighted by molar-refractivity contribution is 4.81. The molecule has 1 nitrogen and oxygen atoms in total. The van der Waals surface area contributed by atoms with Crippen molar-refractivity contribution in [3.8, 4) is 0 Å². The van der Waals surface area contributed by atoms with Crippen molar-refractivity contribution in [2.45, 2.75) is 53.0 Å². The van der Waals surface area contributed by atoms with Gasteiger partial charge in [0.05, 0.1) is 6.04 Å². The van der Waals surface area contributed by atoms with Gasteiger partial charge >= 0.3 is 0 Å². The molecule has 1 unspecified atom stereocenters. The normalized spacial score (nSPS) is 15.2. The van der Waals surface area contributed by atoms with Gasteiger partial charge in [0, 0.05) is 13.5 Å². The van der Waals surface area contributed by atoms with Crippen molar-refractivity contribution < 1.29 is 8.78 Å². The molecule has 0 saturated carbocycles. The number of nitrogens with zero attached hydrogens (tertiary/aromatic N) is 1. The average molecular weight is 207 g/mol. The van der Waals surface area contributed by atoms with Gasteiger partial charge < -0.3 is 0 Å². The van der Waals surface area contributed by atoms with Gasteiger partial charge in [-0.25, -0.2) is 8.78 Å². The molecule has 0 N–H and O–H groups in total. The molecule has 0 aromatic rings. The Morgan fingerprint density at radius 2 is 1.71 bits per heavy atom. The van der Waals surface area contributed by atoms with Crippen LogP contribution in [0.1, 0.15) is 41.0 Å². The summed E-state index contributed by atoms with van der Waals surface area (Å²) in [7, 11) is 0. The SMILES string of the molecule is CCC(N(CC)CC(C)C)C(C)(F)F. The molecular weight excluding hydrogens is 184 g/mol. The summed E-state index contributed by atoms with van der Waals surface area (Å²) in [6, 6.07) is -0.616. The lowest BCUT2D eigenvalue weighted by atomic mass is 10.0. The molecule has 0 bridgehead atoms. The minimum absolute atomic E-state index is 0.436. The molecule has 0 spiro atoms. The van der Waals surface area contributed by atoms with Crippen LogP contribution in [0, 0.1) is 5.92 Å². The second kappa shape index (κ2) is 5.64. The molecule has 0 aromatic carbocycles. The molecule has 0 aliphatic rings. The summed E-state index contributed by atoms with van der Waals surface area (Å²) in [5, 5.41) is 0. The largest absolute Gasteiger partial charge is 0.295 e. The van der Waals surface area contributed by atoms with E-state index in [0.29, 0.717) is 18.9 Å². The minimum atomic E-state index is -2.60. The molecular formula is C11H23F2N.